The number of hydrogen-bond donors (Lipinski definition) is 2. The van der Waals surface area contributed by atoms with Gasteiger partial charge in [0.05, 0.1) is 0 Å². The van der Waals surface area contributed by atoms with Crippen molar-refractivity contribution in [1.82, 2.24) is 5.32 Å². The third-order valence-electron chi connectivity index (χ3n) is 2.07. The third kappa shape index (κ3) is 14.4. The molecule has 3 nitrogen and oxygen atoms in total. The van der Waals surface area contributed by atoms with E-state index in [0.29, 0.717) is 11.9 Å². The second-order valence-electron chi connectivity index (χ2n) is 4.08. The maximum Gasteiger partial charge on any atom is 0.188 e. The molecule has 0 aromatic rings. The molecular formula is C11H26IN3S. The Labute approximate surface area is 121 Å². The standard InChI is InChI=1S/C11H25N3S.HI/c1-10(2)6-8-14-11(12)13-7-4-5-9-15-3;/h10H,4-9H2,1-3H3,(H3,12,13,14);1H. The number of rotatable bonds is 8. The highest BCUT2D eigenvalue weighted by Crippen LogP contribution is 1.99. The summed E-state index contributed by atoms with van der Waals surface area (Å²) in [7, 11) is 0. The molecule has 0 bridgehead atoms. The summed E-state index contributed by atoms with van der Waals surface area (Å²) in [5.74, 6) is 2.53. The molecule has 0 radical (unpaired) electrons. The van der Waals surface area contributed by atoms with E-state index in [4.69, 9.17) is 5.73 Å². The molecular weight excluding hydrogens is 333 g/mol. The number of unbranched alkanes of at least 4 members (excludes halogenated alkanes) is 1. The first-order chi connectivity index (χ1) is 7.16. The summed E-state index contributed by atoms with van der Waals surface area (Å²) in [5, 5.41) is 3.13. The molecule has 0 rings (SSSR count). The predicted molar refractivity (Wildman–Crippen MR) is 87.0 cm³/mol. The first kappa shape index (κ1) is 18.7. The zero-order chi connectivity index (χ0) is 11.5. The largest absolute Gasteiger partial charge is 0.370 e. The number of hydrogen-bond acceptors (Lipinski definition) is 2. The molecule has 0 spiro atoms. The van der Waals surface area contributed by atoms with Crippen LogP contribution in [-0.2, 0) is 0 Å². The van der Waals surface area contributed by atoms with E-state index in [-0.39, 0.29) is 24.0 Å². The van der Waals surface area contributed by atoms with Crippen molar-refractivity contribution in [2.45, 2.75) is 33.1 Å². The van der Waals surface area contributed by atoms with Gasteiger partial charge in [-0.2, -0.15) is 11.8 Å². The van der Waals surface area contributed by atoms with E-state index in [1.54, 1.807) is 0 Å². The molecule has 98 valence electrons. The minimum Gasteiger partial charge on any atom is -0.370 e. The van der Waals surface area contributed by atoms with Gasteiger partial charge in [0.15, 0.2) is 5.96 Å². The number of aliphatic imine (C=N–C) groups is 1. The minimum absolute atomic E-state index is 0. The number of nitrogens with two attached hydrogens (primary N) is 1. The average molecular weight is 359 g/mol. The summed E-state index contributed by atoms with van der Waals surface area (Å²) < 4.78 is 0. The van der Waals surface area contributed by atoms with Gasteiger partial charge in [0, 0.05) is 13.1 Å². The molecule has 0 amide bonds. The molecule has 0 saturated carbocycles. The Morgan fingerprint density at radius 1 is 1.38 bits per heavy atom. The van der Waals surface area contributed by atoms with Crippen LogP contribution in [0.5, 0.6) is 0 Å². The molecule has 3 N–H and O–H groups in total. The Balaban J connectivity index is 0. The maximum atomic E-state index is 5.71. The van der Waals surface area contributed by atoms with E-state index < -0.39 is 0 Å². The van der Waals surface area contributed by atoms with E-state index in [1.165, 1.54) is 12.2 Å². The number of guanidine groups is 1. The van der Waals surface area contributed by atoms with Crippen LogP contribution in [0.15, 0.2) is 4.99 Å². The Morgan fingerprint density at radius 3 is 2.62 bits per heavy atom. The highest BCUT2D eigenvalue weighted by Gasteiger charge is 1.94. The Kier molecular flexibility index (Phi) is 15.7. The zero-order valence-corrected chi connectivity index (χ0v) is 13.8. The maximum absolute atomic E-state index is 5.71. The normalized spacial score (nSPS) is 11.4. The molecule has 5 heteroatoms. The number of thioether (sulfide) groups is 1. The number of halogens is 1. The van der Waals surface area contributed by atoms with Crippen LogP contribution in [0, 0.1) is 5.92 Å². The van der Waals surface area contributed by atoms with Gasteiger partial charge in [0.2, 0.25) is 0 Å². The van der Waals surface area contributed by atoms with Crippen LogP contribution in [0.1, 0.15) is 33.1 Å². The quantitative estimate of drug-likeness (QED) is 0.303. The average Bonchev–Trinajstić information content (AvgIpc) is 2.17. The van der Waals surface area contributed by atoms with Gasteiger partial charge >= 0.3 is 0 Å². The topological polar surface area (TPSA) is 50.4 Å². The van der Waals surface area contributed by atoms with Gasteiger partial charge < -0.3 is 11.1 Å². The first-order valence-electron chi connectivity index (χ1n) is 5.69. The molecule has 0 heterocycles. The van der Waals surface area contributed by atoms with Gasteiger partial charge in [-0.3, -0.25) is 4.99 Å². The lowest BCUT2D eigenvalue weighted by atomic mass is 10.1. The van der Waals surface area contributed by atoms with Crippen LogP contribution < -0.4 is 11.1 Å². The highest BCUT2D eigenvalue weighted by atomic mass is 127. The Morgan fingerprint density at radius 2 is 2.06 bits per heavy atom. The number of nitrogens with one attached hydrogen (secondary N) is 1. The van der Waals surface area contributed by atoms with Crippen molar-refractivity contribution in [3.8, 4) is 0 Å². The van der Waals surface area contributed by atoms with Gasteiger partial charge in [0.25, 0.3) is 0 Å². The summed E-state index contributed by atoms with van der Waals surface area (Å²) in [4.78, 5) is 4.27. The van der Waals surface area contributed by atoms with E-state index >= 15 is 0 Å². The van der Waals surface area contributed by atoms with Crippen molar-refractivity contribution >= 4 is 41.7 Å². The van der Waals surface area contributed by atoms with Crippen LogP contribution in [0.25, 0.3) is 0 Å². The zero-order valence-electron chi connectivity index (χ0n) is 10.7. The second kappa shape index (κ2) is 13.4. The molecule has 0 aromatic carbocycles. The summed E-state index contributed by atoms with van der Waals surface area (Å²) in [6.07, 6.45) is 5.63. The lowest BCUT2D eigenvalue weighted by molar-refractivity contribution is 0.576. The molecule has 0 fully saturated rings. The molecule has 0 atom stereocenters. The van der Waals surface area contributed by atoms with Crippen molar-refractivity contribution in [3.05, 3.63) is 0 Å². The number of nitrogens with zero attached hydrogens (tertiary/aromatic N) is 1. The van der Waals surface area contributed by atoms with Crippen LogP contribution in [0.2, 0.25) is 0 Å². The molecule has 0 aliphatic rings. The van der Waals surface area contributed by atoms with Crippen LogP contribution >= 0.6 is 35.7 Å². The molecule has 0 aromatic heterocycles. The first-order valence-corrected chi connectivity index (χ1v) is 7.09. The lowest BCUT2D eigenvalue weighted by Gasteiger charge is -2.07. The fraction of sp³-hybridized carbons (Fsp3) is 0.909. The van der Waals surface area contributed by atoms with Crippen LogP contribution in [0.4, 0.5) is 0 Å². The molecule has 16 heavy (non-hydrogen) atoms. The van der Waals surface area contributed by atoms with E-state index in [9.17, 15) is 0 Å². The Hall–Kier alpha value is 0.350. The molecule has 0 saturated heterocycles. The van der Waals surface area contributed by atoms with Crippen molar-refractivity contribution in [1.29, 1.82) is 0 Å². The Bertz CT molecular complexity index is 175. The third-order valence-corrected chi connectivity index (χ3v) is 2.76. The molecule has 0 unspecified atom stereocenters. The highest BCUT2D eigenvalue weighted by molar-refractivity contribution is 14.0. The van der Waals surface area contributed by atoms with Gasteiger partial charge in [-0.1, -0.05) is 13.8 Å². The van der Waals surface area contributed by atoms with E-state index in [0.717, 1.165) is 25.9 Å². The molecule has 0 aliphatic heterocycles. The summed E-state index contributed by atoms with van der Waals surface area (Å²) in [5.41, 5.74) is 5.71. The predicted octanol–water partition coefficient (Wildman–Crippen LogP) is 2.70. The van der Waals surface area contributed by atoms with Crippen LogP contribution in [0.3, 0.4) is 0 Å². The van der Waals surface area contributed by atoms with Gasteiger partial charge in [-0.15, -0.1) is 24.0 Å². The van der Waals surface area contributed by atoms with Gasteiger partial charge in [0.1, 0.15) is 0 Å². The van der Waals surface area contributed by atoms with E-state index in [2.05, 4.69) is 30.4 Å². The summed E-state index contributed by atoms with van der Waals surface area (Å²) >= 11 is 1.88. The van der Waals surface area contributed by atoms with Crippen molar-refractivity contribution in [2.24, 2.45) is 16.6 Å². The van der Waals surface area contributed by atoms with Crippen LogP contribution in [-0.4, -0.2) is 31.1 Å². The van der Waals surface area contributed by atoms with Crippen molar-refractivity contribution < 1.29 is 0 Å². The molecule has 0 aliphatic carbocycles. The second-order valence-corrected chi connectivity index (χ2v) is 5.06. The fourth-order valence-corrected chi connectivity index (χ4v) is 1.60. The van der Waals surface area contributed by atoms with Gasteiger partial charge in [-0.05, 0) is 37.2 Å². The minimum atomic E-state index is 0. The summed E-state index contributed by atoms with van der Waals surface area (Å²) in [6, 6.07) is 0. The van der Waals surface area contributed by atoms with E-state index in [1.807, 2.05) is 11.8 Å². The van der Waals surface area contributed by atoms with Crippen molar-refractivity contribution in [2.75, 3.05) is 25.1 Å². The van der Waals surface area contributed by atoms with Crippen molar-refractivity contribution in [3.63, 3.8) is 0 Å². The summed E-state index contributed by atoms with van der Waals surface area (Å²) in [6.45, 7) is 6.19. The fourth-order valence-electron chi connectivity index (χ4n) is 1.10. The van der Waals surface area contributed by atoms with Gasteiger partial charge in [-0.25, -0.2) is 0 Å². The smallest absolute Gasteiger partial charge is 0.188 e. The SMILES string of the molecule is CSCCCCN=C(N)NCCC(C)C.I. The lowest BCUT2D eigenvalue weighted by Crippen LogP contribution is -2.33. The monoisotopic (exact) mass is 359 g/mol.